The first kappa shape index (κ1) is 14.8. The van der Waals surface area contributed by atoms with Crippen LogP contribution < -0.4 is 5.32 Å². The lowest BCUT2D eigenvalue weighted by Crippen LogP contribution is -2.51. The van der Waals surface area contributed by atoms with Gasteiger partial charge < -0.3 is 15.3 Å². The number of urea groups is 1. The Morgan fingerprint density at radius 1 is 1.39 bits per heavy atom. The van der Waals surface area contributed by atoms with Crippen LogP contribution in [-0.2, 0) is 4.79 Å². The van der Waals surface area contributed by atoms with Crippen LogP contribution in [0.25, 0.3) is 0 Å². The highest BCUT2D eigenvalue weighted by Crippen LogP contribution is 2.27. The molecular weight excluding hydrogens is 232 g/mol. The minimum Gasteiger partial charge on any atom is -0.481 e. The van der Waals surface area contributed by atoms with Crippen molar-refractivity contribution < 1.29 is 14.7 Å². The van der Waals surface area contributed by atoms with E-state index in [4.69, 9.17) is 5.11 Å². The van der Waals surface area contributed by atoms with Crippen LogP contribution in [-0.4, -0.2) is 40.6 Å². The Morgan fingerprint density at radius 3 is 2.28 bits per heavy atom. The Balaban J connectivity index is 2.64. The lowest BCUT2D eigenvalue weighted by molar-refractivity contribution is -0.138. The van der Waals surface area contributed by atoms with Crippen molar-refractivity contribution in [2.75, 3.05) is 6.54 Å². The number of carboxylic acid groups (broad SMARTS) is 1. The molecule has 1 unspecified atom stereocenters. The smallest absolute Gasteiger partial charge is 0.317 e. The first-order valence-corrected chi connectivity index (χ1v) is 6.54. The van der Waals surface area contributed by atoms with E-state index in [2.05, 4.69) is 5.32 Å². The lowest BCUT2D eigenvalue weighted by atomic mass is 9.85. The normalized spacial score (nSPS) is 17.1. The summed E-state index contributed by atoms with van der Waals surface area (Å²) in [4.78, 5) is 24.8. The molecule has 1 aliphatic carbocycles. The van der Waals surface area contributed by atoms with E-state index >= 15 is 0 Å². The number of carbonyl (C=O) groups is 2. The maximum atomic E-state index is 12.1. The molecule has 1 rings (SSSR count). The van der Waals surface area contributed by atoms with Gasteiger partial charge in [0.1, 0.15) is 0 Å². The van der Waals surface area contributed by atoms with Crippen LogP contribution >= 0.6 is 0 Å². The number of amides is 2. The first-order chi connectivity index (χ1) is 8.25. The lowest BCUT2D eigenvalue weighted by Gasteiger charge is -2.32. The summed E-state index contributed by atoms with van der Waals surface area (Å²) in [5, 5.41) is 11.8. The molecule has 18 heavy (non-hydrogen) atoms. The second kappa shape index (κ2) is 5.59. The molecule has 0 aromatic carbocycles. The van der Waals surface area contributed by atoms with E-state index in [1.54, 1.807) is 4.90 Å². The highest BCUT2D eigenvalue weighted by Gasteiger charge is 2.34. The Kier molecular flexibility index (Phi) is 4.59. The van der Waals surface area contributed by atoms with Crippen LogP contribution in [0.15, 0.2) is 0 Å². The zero-order valence-electron chi connectivity index (χ0n) is 11.7. The van der Waals surface area contributed by atoms with Gasteiger partial charge in [-0.1, -0.05) is 20.8 Å². The first-order valence-electron chi connectivity index (χ1n) is 6.54. The van der Waals surface area contributed by atoms with Gasteiger partial charge in [-0.25, -0.2) is 4.79 Å². The van der Waals surface area contributed by atoms with Gasteiger partial charge in [0.15, 0.2) is 0 Å². The average Bonchev–Trinajstić information content (AvgIpc) is 3.00. The summed E-state index contributed by atoms with van der Waals surface area (Å²) in [5.74, 6) is -0.885. The quantitative estimate of drug-likeness (QED) is 0.791. The van der Waals surface area contributed by atoms with Gasteiger partial charge in [-0.2, -0.15) is 0 Å². The van der Waals surface area contributed by atoms with Gasteiger partial charge in [-0.05, 0) is 25.2 Å². The molecule has 0 saturated heterocycles. The Morgan fingerprint density at radius 2 is 1.94 bits per heavy atom. The molecule has 0 heterocycles. The van der Waals surface area contributed by atoms with Gasteiger partial charge in [0, 0.05) is 18.6 Å². The van der Waals surface area contributed by atoms with Crippen LogP contribution in [0.4, 0.5) is 4.79 Å². The molecule has 2 N–H and O–H groups in total. The molecule has 0 aromatic rings. The van der Waals surface area contributed by atoms with E-state index in [-0.39, 0.29) is 23.9 Å². The average molecular weight is 256 g/mol. The summed E-state index contributed by atoms with van der Waals surface area (Å²) >= 11 is 0. The Bertz CT molecular complexity index is 319. The highest BCUT2D eigenvalue weighted by atomic mass is 16.4. The maximum absolute atomic E-state index is 12.1. The molecule has 1 aliphatic rings. The monoisotopic (exact) mass is 256 g/mol. The molecule has 1 fully saturated rings. The number of nitrogens with one attached hydrogen (secondary N) is 1. The topological polar surface area (TPSA) is 69.6 Å². The van der Waals surface area contributed by atoms with Crippen molar-refractivity contribution in [3.63, 3.8) is 0 Å². The van der Waals surface area contributed by atoms with E-state index in [9.17, 15) is 9.59 Å². The summed E-state index contributed by atoms with van der Waals surface area (Å²) in [6.07, 6.45) is 2.07. The highest BCUT2D eigenvalue weighted by molar-refractivity contribution is 5.76. The fraction of sp³-hybridized carbons (Fsp3) is 0.846. The number of carbonyl (C=O) groups excluding carboxylic acids is 1. The van der Waals surface area contributed by atoms with Gasteiger partial charge >= 0.3 is 12.0 Å². The maximum Gasteiger partial charge on any atom is 0.317 e. The van der Waals surface area contributed by atoms with Gasteiger partial charge in [-0.3, -0.25) is 4.79 Å². The van der Waals surface area contributed by atoms with Gasteiger partial charge in [0.2, 0.25) is 0 Å². The molecule has 0 aromatic heterocycles. The Labute approximate surface area is 109 Å². The fourth-order valence-corrected chi connectivity index (χ4v) is 1.93. The molecule has 1 saturated carbocycles. The van der Waals surface area contributed by atoms with E-state index < -0.39 is 5.97 Å². The van der Waals surface area contributed by atoms with Crippen molar-refractivity contribution in [2.24, 2.45) is 5.41 Å². The van der Waals surface area contributed by atoms with E-state index in [1.807, 2.05) is 27.7 Å². The Hall–Kier alpha value is -1.26. The molecule has 1 atom stereocenters. The third-order valence-electron chi connectivity index (χ3n) is 3.31. The third-order valence-corrected chi connectivity index (χ3v) is 3.31. The van der Waals surface area contributed by atoms with Crippen LogP contribution in [0.5, 0.6) is 0 Å². The van der Waals surface area contributed by atoms with E-state index in [0.29, 0.717) is 12.6 Å². The molecule has 5 nitrogen and oxygen atoms in total. The van der Waals surface area contributed by atoms with E-state index in [0.717, 1.165) is 12.8 Å². The van der Waals surface area contributed by atoms with Gasteiger partial charge in [0.25, 0.3) is 0 Å². The number of carboxylic acids is 1. The molecule has 0 radical (unpaired) electrons. The van der Waals surface area contributed by atoms with Crippen LogP contribution in [0.2, 0.25) is 0 Å². The number of nitrogens with zero attached hydrogens (tertiary/aromatic N) is 1. The van der Waals surface area contributed by atoms with Crippen molar-refractivity contribution in [3.8, 4) is 0 Å². The SMILES string of the molecule is CCN(C(=O)NC(CC(=O)O)C(C)(C)C)C1CC1. The summed E-state index contributed by atoms with van der Waals surface area (Å²) in [5.41, 5.74) is -0.267. The molecular formula is C13H24N2O3. The largest absolute Gasteiger partial charge is 0.481 e. The fourth-order valence-electron chi connectivity index (χ4n) is 1.93. The zero-order chi connectivity index (χ0) is 13.9. The standard InChI is InChI=1S/C13H24N2O3/c1-5-15(9-6-7-9)12(18)14-10(8-11(16)17)13(2,3)4/h9-10H,5-8H2,1-4H3,(H,14,18)(H,16,17). The minimum atomic E-state index is -0.885. The second-order valence-electron chi connectivity index (χ2n) is 5.98. The number of rotatable bonds is 5. The third kappa shape index (κ3) is 4.20. The molecule has 5 heteroatoms. The van der Waals surface area contributed by atoms with Crippen molar-refractivity contribution in [1.29, 1.82) is 0 Å². The van der Waals surface area contributed by atoms with E-state index in [1.165, 1.54) is 0 Å². The molecule has 0 aliphatic heterocycles. The van der Waals surface area contributed by atoms with Crippen molar-refractivity contribution in [3.05, 3.63) is 0 Å². The predicted octanol–water partition coefficient (Wildman–Crippen LogP) is 2.07. The van der Waals surface area contributed by atoms with Crippen LogP contribution in [0.3, 0.4) is 0 Å². The number of aliphatic carboxylic acids is 1. The zero-order valence-corrected chi connectivity index (χ0v) is 11.7. The second-order valence-corrected chi connectivity index (χ2v) is 5.98. The number of hydrogen-bond donors (Lipinski definition) is 2. The molecule has 104 valence electrons. The van der Waals surface area contributed by atoms with Crippen molar-refractivity contribution in [1.82, 2.24) is 10.2 Å². The van der Waals surface area contributed by atoms with Crippen molar-refractivity contribution >= 4 is 12.0 Å². The number of hydrogen-bond acceptors (Lipinski definition) is 2. The van der Waals surface area contributed by atoms with Crippen molar-refractivity contribution in [2.45, 2.75) is 59.0 Å². The van der Waals surface area contributed by atoms with Crippen LogP contribution in [0.1, 0.15) is 47.0 Å². The minimum absolute atomic E-state index is 0.0442. The molecule has 2 amide bonds. The summed E-state index contributed by atoms with van der Waals surface area (Å²) in [6, 6.07) is -0.142. The summed E-state index contributed by atoms with van der Waals surface area (Å²) in [7, 11) is 0. The molecule has 0 bridgehead atoms. The van der Waals surface area contributed by atoms with Gasteiger partial charge in [0.05, 0.1) is 6.42 Å². The summed E-state index contributed by atoms with van der Waals surface area (Å²) in [6.45, 7) is 8.43. The summed E-state index contributed by atoms with van der Waals surface area (Å²) < 4.78 is 0. The van der Waals surface area contributed by atoms with Crippen LogP contribution in [0, 0.1) is 5.41 Å². The van der Waals surface area contributed by atoms with Gasteiger partial charge in [-0.15, -0.1) is 0 Å². The predicted molar refractivity (Wildman–Crippen MR) is 69.4 cm³/mol. The molecule has 0 spiro atoms.